The van der Waals surface area contributed by atoms with E-state index in [-0.39, 0.29) is 12.4 Å². The van der Waals surface area contributed by atoms with Crippen molar-refractivity contribution in [1.82, 2.24) is 4.98 Å². The summed E-state index contributed by atoms with van der Waals surface area (Å²) >= 11 is 0. The van der Waals surface area contributed by atoms with E-state index >= 15 is 0 Å². The number of pyridine rings is 1. The van der Waals surface area contributed by atoms with E-state index in [0.717, 1.165) is 65.1 Å². The number of aromatic nitrogens is 1. The number of aliphatic hydroxyl groups is 1. The van der Waals surface area contributed by atoms with Crippen molar-refractivity contribution in [2.75, 3.05) is 11.9 Å². The van der Waals surface area contributed by atoms with Crippen molar-refractivity contribution >= 4 is 11.4 Å². The van der Waals surface area contributed by atoms with Crippen LogP contribution in [0.2, 0.25) is 0 Å². The maximum atomic E-state index is 14.1. The Balaban J connectivity index is 1.70. The summed E-state index contributed by atoms with van der Waals surface area (Å²) in [5.41, 5.74) is 8.15. The molecule has 4 heteroatoms. The Kier molecular flexibility index (Phi) is 5.40. The first kappa shape index (κ1) is 18.6. The zero-order chi connectivity index (χ0) is 19.5. The van der Waals surface area contributed by atoms with Crippen molar-refractivity contribution in [1.29, 1.82) is 0 Å². The molecule has 144 valence electrons. The molecule has 1 aromatic heterocycles. The highest BCUT2D eigenvalue weighted by Crippen LogP contribution is 2.34. The lowest BCUT2D eigenvalue weighted by Crippen LogP contribution is -2.00. The van der Waals surface area contributed by atoms with E-state index in [9.17, 15) is 4.39 Å². The minimum atomic E-state index is -0.217. The lowest BCUT2D eigenvalue weighted by molar-refractivity contribution is 0.299. The van der Waals surface area contributed by atoms with E-state index < -0.39 is 0 Å². The number of aliphatic hydroxyl groups excluding tert-OH is 1. The third-order valence-electron chi connectivity index (χ3n) is 5.35. The number of rotatable bonds is 6. The fraction of sp³-hybridized carbons (Fsp3) is 0.292. The SMILES string of the molecule is CCc1cc(F)cc(-c2cc(Nc3ccc(CCO)cc3)c3c(n2)CCC3)c1. The molecule has 0 amide bonds. The third kappa shape index (κ3) is 3.92. The van der Waals surface area contributed by atoms with Crippen LogP contribution >= 0.6 is 0 Å². The van der Waals surface area contributed by atoms with Gasteiger partial charge in [0.1, 0.15) is 5.82 Å². The van der Waals surface area contributed by atoms with Crippen LogP contribution in [-0.2, 0) is 25.7 Å². The quantitative estimate of drug-likeness (QED) is 0.620. The van der Waals surface area contributed by atoms with Gasteiger partial charge >= 0.3 is 0 Å². The number of hydrogen-bond donors (Lipinski definition) is 2. The predicted octanol–water partition coefficient (Wildman–Crippen LogP) is 5.22. The molecular weight excluding hydrogens is 351 g/mol. The Morgan fingerprint density at radius 1 is 1.04 bits per heavy atom. The number of hydrogen-bond acceptors (Lipinski definition) is 3. The van der Waals surface area contributed by atoms with E-state index in [2.05, 4.69) is 5.32 Å². The number of nitrogens with zero attached hydrogens (tertiary/aromatic N) is 1. The third-order valence-corrected chi connectivity index (χ3v) is 5.35. The molecule has 0 unspecified atom stereocenters. The lowest BCUT2D eigenvalue weighted by atomic mass is 10.0. The first-order valence-electron chi connectivity index (χ1n) is 9.95. The Morgan fingerprint density at radius 3 is 2.61 bits per heavy atom. The molecule has 3 aromatic rings. The molecule has 0 bridgehead atoms. The van der Waals surface area contributed by atoms with E-state index in [4.69, 9.17) is 10.1 Å². The van der Waals surface area contributed by atoms with Crippen LogP contribution in [0.15, 0.2) is 48.5 Å². The zero-order valence-corrected chi connectivity index (χ0v) is 16.1. The summed E-state index contributed by atoms with van der Waals surface area (Å²) < 4.78 is 14.1. The van der Waals surface area contributed by atoms with Crippen molar-refractivity contribution in [3.63, 3.8) is 0 Å². The fourth-order valence-electron chi connectivity index (χ4n) is 3.84. The highest BCUT2D eigenvalue weighted by Gasteiger charge is 2.19. The highest BCUT2D eigenvalue weighted by molar-refractivity contribution is 5.72. The van der Waals surface area contributed by atoms with E-state index in [1.807, 2.05) is 43.3 Å². The van der Waals surface area contributed by atoms with Gasteiger partial charge < -0.3 is 10.4 Å². The highest BCUT2D eigenvalue weighted by atomic mass is 19.1. The largest absolute Gasteiger partial charge is 0.396 e. The van der Waals surface area contributed by atoms with Gasteiger partial charge in [-0.15, -0.1) is 0 Å². The smallest absolute Gasteiger partial charge is 0.124 e. The van der Waals surface area contributed by atoms with Crippen molar-refractivity contribution in [3.05, 3.63) is 76.7 Å². The van der Waals surface area contributed by atoms with Crippen LogP contribution in [0.1, 0.15) is 35.7 Å². The van der Waals surface area contributed by atoms with E-state index in [1.54, 1.807) is 12.1 Å². The van der Waals surface area contributed by atoms with Crippen LogP contribution in [-0.4, -0.2) is 16.7 Å². The molecule has 0 spiro atoms. The van der Waals surface area contributed by atoms with E-state index in [0.29, 0.717) is 6.42 Å². The second-order valence-electron chi connectivity index (χ2n) is 7.33. The summed E-state index contributed by atoms with van der Waals surface area (Å²) in [5.74, 6) is -0.217. The van der Waals surface area contributed by atoms with Crippen molar-refractivity contribution in [2.45, 2.75) is 39.0 Å². The number of halogens is 1. The molecule has 0 saturated heterocycles. The standard InChI is InChI=1S/C24H25FN2O/c1-2-16-12-18(14-19(25)13-16)23-15-24(21-4-3-5-22(21)27-23)26-20-8-6-17(7-9-20)10-11-28/h6-9,12-15,28H,2-5,10-11H2,1H3,(H,26,27). The first-order valence-corrected chi connectivity index (χ1v) is 9.95. The van der Waals surface area contributed by atoms with Crippen LogP contribution in [0, 0.1) is 5.82 Å². The number of anilines is 2. The monoisotopic (exact) mass is 376 g/mol. The summed E-state index contributed by atoms with van der Waals surface area (Å²) in [6, 6.07) is 15.3. The van der Waals surface area contributed by atoms with Crippen molar-refractivity contribution in [3.8, 4) is 11.3 Å². The number of nitrogens with one attached hydrogen (secondary N) is 1. The molecule has 28 heavy (non-hydrogen) atoms. The fourth-order valence-corrected chi connectivity index (χ4v) is 3.84. The molecule has 4 rings (SSSR count). The molecule has 0 atom stereocenters. The van der Waals surface area contributed by atoms with Crippen LogP contribution in [0.5, 0.6) is 0 Å². The lowest BCUT2D eigenvalue weighted by Gasteiger charge is -2.14. The first-order chi connectivity index (χ1) is 13.7. The van der Waals surface area contributed by atoms with Gasteiger partial charge in [-0.2, -0.15) is 0 Å². The summed E-state index contributed by atoms with van der Waals surface area (Å²) in [7, 11) is 0. The van der Waals surface area contributed by atoms with Crippen molar-refractivity contribution in [2.24, 2.45) is 0 Å². The minimum absolute atomic E-state index is 0.154. The molecule has 2 aromatic carbocycles. The predicted molar refractivity (Wildman–Crippen MR) is 112 cm³/mol. The van der Waals surface area contributed by atoms with Gasteiger partial charge in [0.25, 0.3) is 0 Å². The maximum Gasteiger partial charge on any atom is 0.124 e. The number of aryl methyl sites for hydroxylation is 2. The molecule has 0 saturated carbocycles. The van der Waals surface area contributed by atoms with Gasteiger partial charge in [-0.25, -0.2) is 4.39 Å². The molecule has 3 nitrogen and oxygen atoms in total. The minimum Gasteiger partial charge on any atom is -0.396 e. The topological polar surface area (TPSA) is 45.1 Å². The van der Waals surface area contributed by atoms with Crippen LogP contribution in [0.25, 0.3) is 11.3 Å². The summed E-state index contributed by atoms with van der Waals surface area (Å²) in [6.07, 6.45) is 4.52. The molecule has 1 aliphatic rings. The zero-order valence-electron chi connectivity index (χ0n) is 16.1. The molecule has 0 radical (unpaired) electrons. The van der Waals surface area contributed by atoms with Gasteiger partial charge in [0.05, 0.1) is 5.69 Å². The Morgan fingerprint density at radius 2 is 1.86 bits per heavy atom. The molecule has 1 aliphatic carbocycles. The number of benzene rings is 2. The van der Waals surface area contributed by atoms with Crippen LogP contribution in [0.3, 0.4) is 0 Å². The van der Waals surface area contributed by atoms with Crippen LogP contribution < -0.4 is 5.32 Å². The molecule has 0 aliphatic heterocycles. The van der Waals surface area contributed by atoms with Gasteiger partial charge in [0.2, 0.25) is 0 Å². The van der Waals surface area contributed by atoms with E-state index in [1.165, 1.54) is 5.56 Å². The number of fused-ring (bicyclic) bond motifs is 1. The summed E-state index contributed by atoms with van der Waals surface area (Å²) in [6.45, 7) is 2.18. The maximum absolute atomic E-state index is 14.1. The Hall–Kier alpha value is -2.72. The Bertz CT molecular complexity index is 983. The average molecular weight is 376 g/mol. The van der Waals surface area contributed by atoms with Gasteiger partial charge in [-0.1, -0.05) is 19.1 Å². The van der Waals surface area contributed by atoms with Gasteiger partial charge in [0, 0.05) is 29.2 Å². The summed E-state index contributed by atoms with van der Waals surface area (Å²) in [5, 5.41) is 12.6. The van der Waals surface area contributed by atoms with Crippen molar-refractivity contribution < 1.29 is 9.50 Å². The van der Waals surface area contributed by atoms with Gasteiger partial charge in [0.15, 0.2) is 0 Å². The molecule has 0 fully saturated rings. The molecular formula is C24H25FN2O. The normalized spacial score (nSPS) is 12.8. The van der Waals surface area contributed by atoms with Gasteiger partial charge in [-0.05, 0) is 85.2 Å². The molecule has 1 heterocycles. The molecule has 2 N–H and O–H groups in total. The second kappa shape index (κ2) is 8.11. The van der Waals surface area contributed by atoms with Crippen LogP contribution in [0.4, 0.5) is 15.8 Å². The van der Waals surface area contributed by atoms with Gasteiger partial charge in [-0.3, -0.25) is 4.98 Å². The Labute approximate surface area is 165 Å². The average Bonchev–Trinajstić information content (AvgIpc) is 3.18. The summed E-state index contributed by atoms with van der Waals surface area (Å²) in [4.78, 5) is 4.85. The second-order valence-corrected chi connectivity index (χ2v) is 7.33.